The van der Waals surface area contributed by atoms with Crippen LogP contribution in [0.15, 0.2) is 40.9 Å². The summed E-state index contributed by atoms with van der Waals surface area (Å²) in [6, 6.07) is 9.62. The van der Waals surface area contributed by atoms with Crippen LogP contribution in [-0.4, -0.2) is 19.1 Å². The lowest BCUT2D eigenvalue weighted by molar-refractivity contribution is -0.117. The van der Waals surface area contributed by atoms with E-state index in [1.54, 1.807) is 20.1 Å². The van der Waals surface area contributed by atoms with E-state index in [0.717, 1.165) is 21.3 Å². The molecule has 0 saturated heterocycles. The molecule has 4 nitrogen and oxygen atoms in total. The molecule has 1 amide bonds. The van der Waals surface area contributed by atoms with Gasteiger partial charge in [0, 0.05) is 11.7 Å². The Bertz CT molecular complexity index is 767. The first-order chi connectivity index (χ1) is 11.8. The third-order valence-corrected chi connectivity index (χ3v) is 4.65. The van der Waals surface area contributed by atoms with Gasteiger partial charge >= 0.3 is 0 Å². The van der Waals surface area contributed by atoms with Crippen molar-refractivity contribution in [1.29, 1.82) is 0 Å². The van der Waals surface area contributed by atoms with Crippen LogP contribution in [0.3, 0.4) is 0 Å². The summed E-state index contributed by atoms with van der Waals surface area (Å²) in [6.45, 7) is 5.58. The number of rotatable bonds is 6. The Kier molecular flexibility index (Phi) is 6.56. The van der Waals surface area contributed by atoms with E-state index in [0.29, 0.717) is 5.69 Å². The summed E-state index contributed by atoms with van der Waals surface area (Å²) in [4.78, 5) is 12.4. The minimum absolute atomic E-state index is 0.0448. The van der Waals surface area contributed by atoms with Crippen LogP contribution < -0.4 is 15.4 Å². The maximum atomic E-state index is 13.3. The molecule has 134 valence electrons. The lowest BCUT2D eigenvalue weighted by Crippen LogP contribution is -2.39. The quantitative estimate of drug-likeness (QED) is 0.734. The highest BCUT2D eigenvalue weighted by Crippen LogP contribution is 2.28. The number of nitrogens with one attached hydrogen (secondary N) is 2. The van der Waals surface area contributed by atoms with Gasteiger partial charge in [0.25, 0.3) is 0 Å². The van der Waals surface area contributed by atoms with Gasteiger partial charge in [-0.3, -0.25) is 10.1 Å². The molecule has 0 bridgehead atoms. The zero-order chi connectivity index (χ0) is 18.6. The van der Waals surface area contributed by atoms with Gasteiger partial charge in [0.05, 0.1) is 17.6 Å². The molecule has 6 heteroatoms. The molecule has 2 unspecified atom stereocenters. The number of halogens is 2. The highest BCUT2D eigenvalue weighted by atomic mass is 79.9. The number of methoxy groups -OCH3 is 1. The lowest BCUT2D eigenvalue weighted by Gasteiger charge is -2.21. The first-order valence-corrected chi connectivity index (χ1v) is 8.77. The van der Waals surface area contributed by atoms with Gasteiger partial charge in [-0.05, 0) is 72.1 Å². The number of aryl methyl sites for hydroxylation is 1. The number of ether oxygens (including phenoxy) is 1. The number of hydrogen-bond donors (Lipinski definition) is 2. The third-order valence-electron chi connectivity index (χ3n) is 4.03. The molecule has 2 atom stereocenters. The summed E-state index contributed by atoms with van der Waals surface area (Å²) in [5.41, 5.74) is 2.32. The van der Waals surface area contributed by atoms with Crippen molar-refractivity contribution in [2.45, 2.75) is 32.9 Å². The molecular weight excluding hydrogens is 387 g/mol. The Morgan fingerprint density at radius 2 is 1.92 bits per heavy atom. The first kappa shape index (κ1) is 19.4. The maximum absolute atomic E-state index is 13.3. The van der Waals surface area contributed by atoms with Gasteiger partial charge in [0.15, 0.2) is 0 Å². The van der Waals surface area contributed by atoms with Crippen molar-refractivity contribution in [2.75, 3.05) is 12.4 Å². The van der Waals surface area contributed by atoms with Crippen molar-refractivity contribution in [3.8, 4) is 5.75 Å². The molecule has 2 aromatic rings. The normalized spacial score (nSPS) is 13.2. The highest BCUT2D eigenvalue weighted by Gasteiger charge is 2.18. The van der Waals surface area contributed by atoms with Gasteiger partial charge in [-0.25, -0.2) is 4.39 Å². The van der Waals surface area contributed by atoms with Crippen LogP contribution in [0.1, 0.15) is 31.0 Å². The van der Waals surface area contributed by atoms with Gasteiger partial charge in [-0.15, -0.1) is 0 Å². The average molecular weight is 409 g/mol. The van der Waals surface area contributed by atoms with Crippen LogP contribution in [0.2, 0.25) is 0 Å². The molecule has 2 aromatic carbocycles. The first-order valence-electron chi connectivity index (χ1n) is 7.98. The maximum Gasteiger partial charge on any atom is 0.241 e. The van der Waals surface area contributed by atoms with E-state index < -0.39 is 6.04 Å². The van der Waals surface area contributed by atoms with Crippen LogP contribution in [-0.2, 0) is 4.79 Å². The van der Waals surface area contributed by atoms with Crippen LogP contribution in [0.5, 0.6) is 5.75 Å². The van der Waals surface area contributed by atoms with Gasteiger partial charge in [-0.1, -0.05) is 12.1 Å². The topological polar surface area (TPSA) is 50.4 Å². The van der Waals surface area contributed by atoms with Gasteiger partial charge < -0.3 is 10.1 Å². The van der Waals surface area contributed by atoms with Crippen LogP contribution in [0, 0.1) is 12.7 Å². The molecule has 0 fully saturated rings. The molecule has 0 radical (unpaired) electrons. The van der Waals surface area contributed by atoms with Crippen molar-refractivity contribution in [1.82, 2.24) is 5.32 Å². The van der Waals surface area contributed by atoms with E-state index in [4.69, 9.17) is 4.74 Å². The SMILES string of the molecule is COc1ccc(C(C)NC(C)C(=O)Nc2cc(F)ccc2C)cc1Br. The number of carbonyl (C=O) groups excluding carboxylic acids is 1. The molecular formula is C19H22BrFN2O2. The van der Waals surface area contributed by atoms with Crippen molar-refractivity contribution in [2.24, 2.45) is 0 Å². The largest absolute Gasteiger partial charge is 0.496 e. The van der Waals surface area contributed by atoms with E-state index in [2.05, 4.69) is 26.6 Å². The minimum Gasteiger partial charge on any atom is -0.496 e. The standard InChI is InChI=1S/C19H22BrFN2O2/c1-11-5-7-15(21)10-17(11)23-19(24)13(3)22-12(2)14-6-8-18(25-4)16(20)9-14/h5-10,12-13,22H,1-4H3,(H,23,24). The summed E-state index contributed by atoms with van der Waals surface area (Å²) >= 11 is 3.46. The molecule has 2 N–H and O–H groups in total. The fraction of sp³-hybridized carbons (Fsp3) is 0.316. The van der Waals surface area contributed by atoms with Crippen LogP contribution in [0.25, 0.3) is 0 Å². The number of anilines is 1. The molecule has 25 heavy (non-hydrogen) atoms. The number of benzene rings is 2. The molecule has 0 saturated carbocycles. The fourth-order valence-electron chi connectivity index (χ4n) is 2.47. The second-order valence-electron chi connectivity index (χ2n) is 5.95. The molecule has 2 rings (SSSR count). The molecule has 0 aliphatic heterocycles. The van der Waals surface area contributed by atoms with Crippen molar-refractivity contribution >= 4 is 27.5 Å². The van der Waals surface area contributed by atoms with Gasteiger partial charge in [-0.2, -0.15) is 0 Å². The predicted octanol–water partition coefficient (Wildman–Crippen LogP) is 4.58. The van der Waals surface area contributed by atoms with Gasteiger partial charge in [0.1, 0.15) is 11.6 Å². The number of amides is 1. The lowest BCUT2D eigenvalue weighted by atomic mass is 10.1. The minimum atomic E-state index is -0.446. The molecule has 0 aliphatic carbocycles. The Balaban J connectivity index is 2.02. The van der Waals surface area contributed by atoms with Crippen LogP contribution in [0.4, 0.5) is 10.1 Å². The Hall–Kier alpha value is -1.92. The van der Waals surface area contributed by atoms with E-state index >= 15 is 0 Å². The number of carbonyl (C=O) groups is 1. The summed E-state index contributed by atoms with van der Waals surface area (Å²) in [5.74, 6) is 0.161. The fourth-order valence-corrected chi connectivity index (χ4v) is 3.03. The highest BCUT2D eigenvalue weighted by molar-refractivity contribution is 9.10. The second-order valence-corrected chi connectivity index (χ2v) is 6.81. The Morgan fingerprint density at radius 3 is 2.56 bits per heavy atom. The third kappa shape index (κ3) is 5.03. The zero-order valence-electron chi connectivity index (χ0n) is 14.7. The zero-order valence-corrected chi connectivity index (χ0v) is 16.3. The number of hydrogen-bond acceptors (Lipinski definition) is 3. The van der Waals surface area contributed by atoms with Gasteiger partial charge in [0.2, 0.25) is 5.91 Å². The van der Waals surface area contributed by atoms with Crippen LogP contribution >= 0.6 is 15.9 Å². The summed E-state index contributed by atoms with van der Waals surface area (Å²) in [7, 11) is 1.61. The average Bonchev–Trinajstić information content (AvgIpc) is 2.57. The Labute approximate surface area is 155 Å². The molecule has 0 heterocycles. The summed E-state index contributed by atoms with van der Waals surface area (Å²) in [5, 5.41) is 6.01. The van der Waals surface area contributed by atoms with E-state index in [1.807, 2.05) is 32.0 Å². The summed E-state index contributed by atoms with van der Waals surface area (Å²) in [6.07, 6.45) is 0. The smallest absolute Gasteiger partial charge is 0.241 e. The van der Waals surface area contributed by atoms with Crippen molar-refractivity contribution in [3.63, 3.8) is 0 Å². The monoisotopic (exact) mass is 408 g/mol. The van der Waals surface area contributed by atoms with E-state index in [-0.39, 0.29) is 17.8 Å². The van der Waals surface area contributed by atoms with E-state index in [9.17, 15) is 9.18 Å². The predicted molar refractivity (Wildman–Crippen MR) is 101 cm³/mol. The molecule has 0 spiro atoms. The van der Waals surface area contributed by atoms with Crippen molar-refractivity contribution < 1.29 is 13.9 Å². The summed E-state index contributed by atoms with van der Waals surface area (Å²) < 4.78 is 19.4. The second kappa shape index (κ2) is 8.45. The van der Waals surface area contributed by atoms with Crippen molar-refractivity contribution in [3.05, 3.63) is 57.8 Å². The molecule has 0 aliphatic rings. The molecule has 0 aromatic heterocycles. The Morgan fingerprint density at radius 1 is 1.20 bits per heavy atom. The van der Waals surface area contributed by atoms with E-state index in [1.165, 1.54) is 12.1 Å².